The molecule has 0 aliphatic rings. The third-order valence-corrected chi connectivity index (χ3v) is 2.74. The third-order valence-electron chi connectivity index (χ3n) is 2.74. The average molecular weight is 258 g/mol. The van der Waals surface area contributed by atoms with Crippen LogP contribution in [-0.4, -0.2) is 17.5 Å². The minimum Gasteiger partial charge on any atom is -0.493 e. The molecule has 1 heterocycles. The highest BCUT2D eigenvalue weighted by molar-refractivity contribution is 5.75. The quantitative estimate of drug-likeness (QED) is 0.836. The fourth-order valence-electron chi connectivity index (χ4n) is 1.72. The van der Waals surface area contributed by atoms with E-state index >= 15 is 0 Å². The van der Waals surface area contributed by atoms with Crippen LogP contribution in [0, 0.1) is 6.92 Å². The summed E-state index contributed by atoms with van der Waals surface area (Å²) < 4.78 is 5.53. The molecule has 0 aliphatic heterocycles. The number of benzene rings is 1. The van der Waals surface area contributed by atoms with Gasteiger partial charge in [-0.25, -0.2) is 0 Å². The minimum absolute atomic E-state index is 0.00569. The Morgan fingerprint density at radius 2 is 2.26 bits per heavy atom. The monoisotopic (exact) mass is 258 g/mol. The van der Waals surface area contributed by atoms with Crippen molar-refractivity contribution in [1.82, 2.24) is 10.3 Å². The van der Waals surface area contributed by atoms with E-state index in [-0.39, 0.29) is 5.91 Å². The molecule has 100 valence electrons. The van der Waals surface area contributed by atoms with Crippen LogP contribution in [0.1, 0.15) is 17.5 Å². The van der Waals surface area contributed by atoms with Crippen LogP contribution in [0.25, 0.3) is 0 Å². The SMILES string of the molecule is Cc1cccc(OCCC(=O)NCc2cc[nH]c2)c1. The van der Waals surface area contributed by atoms with E-state index in [2.05, 4.69) is 10.3 Å². The zero-order valence-electron chi connectivity index (χ0n) is 11.0. The van der Waals surface area contributed by atoms with Gasteiger partial charge in [0, 0.05) is 18.9 Å². The van der Waals surface area contributed by atoms with Gasteiger partial charge in [0.25, 0.3) is 0 Å². The number of carbonyl (C=O) groups excluding carboxylic acids is 1. The van der Waals surface area contributed by atoms with Crippen molar-refractivity contribution in [2.24, 2.45) is 0 Å². The molecule has 0 spiro atoms. The van der Waals surface area contributed by atoms with Gasteiger partial charge in [0.1, 0.15) is 5.75 Å². The van der Waals surface area contributed by atoms with Crippen LogP contribution in [0.4, 0.5) is 0 Å². The van der Waals surface area contributed by atoms with Gasteiger partial charge in [0.2, 0.25) is 5.91 Å². The summed E-state index contributed by atoms with van der Waals surface area (Å²) >= 11 is 0. The Kier molecular flexibility index (Phi) is 4.61. The molecular weight excluding hydrogens is 240 g/mol. The molecule has 1 amide bonds. The smallest absolute Gasteiger partial charge is 0.223 e. The molecule has 2 rings (SSSR count). The van der Waals surface area contributed by atoms with E-state index in [9.17, 15) is 4.79 Å². The Hall–Kier alpha value is -2.23. The minimum atomic E-state index is -0.00569. The standard InChI is InChI=1S/C15H18N2O2/c1-12-3-2-4-14(9-12)19-8-6-15(18)17-11-13-5-7-16-10-13/h2-5,7,9-10,16H,6,8,11H2,1H3,(H,17,18). The molecule has 0 aliphatic carbocycles. The highest BCUT2D eigenvalue weighted by Crippen LogP contribution is 2.12. The Balaban J connectivity index is 1.66. The first kappa shape index (κ1) is 13.2. The van der Waals surface area contributed by atoms with Crippen molar-refractivity contribution in [1.29, 1.82) is 0 Å². The summed E-state index contributed by atoms with van der Waals surface area (Å²) in [7, 11) is 0. The number of nitrogens with one attached hydrogen (secondary N) is 2. The summed E-state index contributed by atoms with van der Waals surface area (Å²) in [5.41, 5.74) is 2.21. The predicted molar refractivity (Wildman–Crippen MR) is 73.9 cm³/mol. The van der Waals surface area contributed by atoms with Crippen LogP contribution in [0.5, 0.6) is 5.75 Å². The molecule has 0 radical (unpaired) electrons. The summed E-state index contributed by atoms with van der Waals surface area (Å²) in [5, 5.41) is 2.84. The van der Waals surface area contributed by atoms with E-state index in [1.165, 1.54) is 0 Å². The maximum absolute atomic E-state index is 11.6. The topological polar surface area (TPSA) is 54.1 Å². The Bertz CT molecular complexity index is 521. The van der Waals surface area contributed by atoms with Crippen LogP contribution in [0.3, 0.4) is 0 Å². The Morgan fingerprint density at radius 3 is 3.00 bits per heavy atom. The van der Waals surface area contributed by atoms with E-state index in [0.717, 1.165) is 16.9 Å². The molecule has 0 bridgehead atoms. The maximum Gasteiger partial charge on any atom is 0.223 e. The van der Waals surface area contributed by atoms with Crippen molar-refractivity contribution in [3.05, 3.63) is 53.9 Å². The third kappa shape index (κ3) is 4.50. The number of ether oxygens (including phenoxy) is 1. The molecule has 2 aromatic rings. The Morgan fingerprint density at radius 1 is 1.37 bits per heavy atom. The second-order valence-corrected chi connectivity index (χ2v) is 4.41. The van der Waals surface area contributed by atoms with Crippen LogP contribution >= 0.6 is 0 Å². The molecule has 0 atom stereocenters. The van der Waals surface area contributed by atoms with E-state index in [4.69, 9.17) is 4.74 Å². The molecule has 1 aromatic heterocycles. The first-order valence-corrected chi connectivity index (χ1v) is 6.32. The summed E-state index contributed by atoms with van der Waals surface area (Å²) in [6.07, 6.45) is 4.06. The maximum atomic E-state index is 11.6. The summed E-state index contributed by atoms with van der Waals surface area (Å²) in [6, 6.07) is 9.74. The molecule has 0 saturated heterocycles. The second kappa shape index (κ2) is 6.64. The van der Waals surface area contributed by atoms with Gasteiger partial charge in [0.15, 0.2) is 0 Å². The predicted octanol–water partition coefficient (Wildman–Crippen LogP) is 2.41. The van der Waals surface area contributed by atoms with Crippen molar-refractivity contribution in [2.45, 2.75) is 19.9 Å². The van der Waals surface area contributed by atoms with E-state index in [0.29, 0.717) is 19.6 Å². The largest absolute Gasteiger partial charge is 0.493 e. The van der Waals surface area contributed by atoms with Crippen molar-refractivity contribution in [3.8, 4) is 5.75 Å². The first-order chi connectivity index (χ1) is 9.24. The fraction of sp³-hybridized carbons (Fsp3) is 0.267. The first-order valence-electron chi connectivity index (χ1n) is 6.32. The lowest BCUT2D eigenvalue weighted by molar-refractivity contribution is -0.121. The average Bonchev–Trinajstić information content (AvgIpc) is 2.89. The number of aromatic amines is 1. The number of amides is 1. The molecular formula is C15H18N2O2. The number of hydrogen-bond donors (Lipinski definition) is 2. The highest BCUT2D eigenvalue weighted by atomic mass is 16.5. The Labute approximate surface area is 112 Å². The second-order valence-electron chi connectivity index (χ2n) is 4.41. The normalized spacial score (nSPS) is 10.2. The molecule has 0 saturated carbocycles. The van der Waals surface area contributed by atoms with Gasteiger partial charge in [-0.1, -0.05) is 12.1 Å². The van der Waals surface area contributed by atoms with Crippen molar-refractivity contribution >= 4 is 5.91 Å². The molecule has 0 unspecified atom stereocenters. The highest BCUT2D eigenvalue weighted by Gasteiger charge is 2.02. The van der Waals surface area contributed by atoms with Gasteiger partial charge in [-0.3, -0.25) is 4.79 Å². The molecule has 4 heteroatoms. The van der Waals surface area contributed by atoms with Crippen LogP contribution in [0.2, 0.25) is 0 Å². The molecule has 0 fully saturated rings. The number of aromatic nitrogens is 1. The fourth-order valence-corrected chi connectivity index (χ4v) is 1.72. The van der Waals surface area contributed by atoms with Gasteiger partial charge < -0.3 is 15.0 Å². The molecule has 1 aromatic carbocycles. The number of rotatable bonds is 6. The van der Waals surface area contributed by atoms with E-state index < -0.39 is 0 Å². The summed E-state index contributed by atoms with van der Waals surface area (Å²) in [5.74, 6) is 0.798. The van der Waals surface area contributed by atoms with Gasteiger partial charge in [-0.2, -0.15) is 0 Å². The molecule has 4 nitrogen and oxygen atoms in total. The van der Waals surface area contributed by atoms with Crippen molar-refractivity contribution in [2.75, 3.05) is 6.61 Å². The zero-order chi connectivity index (χ0) is 13.5. The van der Waals surface area contributed by atoms with Crippen LogP contribution < -0.4 is 10.1 Å². The summed E-state index contributed by atoms with van der Waals surface area (Å²) in [4.78, 5) is 14.5. The number of carbonyl (C=O) groups is 1. The van der Waals surface area contributed by atoms with Crippen LogP contribution in [-0.2, 0) is 11.3 Å². The zero-order valence-corrected chi connectivity index (χ0v) is 11.0. The lowest BCUT2D eigenvalue weighted by Gasteiger charge is -2.07. The lowest BCUT2D eigenvalue weighted by Crippen LogP contribution is -2.24. The van der Waals surface area contributed by atoms with E-state index in [1.54, 1.807) is 0 Å². The van der Waals surface area contributed by atoms with Gasteiger partial charge in [0.05, 0.1) is 13.0 Å². The number of H-pyrrole nitrogens is 1. The molecule has 19 heavy (non-hydrogen) atoms. The van der Waals surface area contributed by atoms with Crippen molar-refractivity contribution in [3.63, 3.8) is 0 Å². The van der Waals surface area contributed by atoms with Gasteiger partial charge in [-0.15, -0.1) is 0 Å². The van der Waals surface area contributed by atoms with Gasteiger partial charge in [-0.05, 0) is 36.2 Å². The van der Waals surface area contributed by atoms with Gasteiger partial charge >= 0.3 is 0 Å². The molecule has 2 N–H and O–H groups in total. The van der Waals surface area contributed by atoms with E-state index in [1.807, 2.05) is 49.6 Å². The lowest BCUT2D eigenvalue weighted by atomic mass is 10.2. The van der Waals surface area contributed by atoms with Crippen molar-refractivity contribution < 1.29 is 9.53 Å². The van der Waals surface area contributed by atoms with Crippen LogP contribution in [0.15, 0.2) is 42.7 Å². The number of hydrogen-bond acceptors (Lipinski definition) is 2. The summed E-state index contributed by atoms with van der Waals surface area (Å²) in [6.45, 7) is 2.95. The number of aryl methyl sites for hydroxylation is 1.